The van der Waals surface area contributed by atoms with Gasteiger partial charge in [0.05, 0.1) is 7.11 Å². The Morgan fingerprint density at radius 3 is 2.76 bits per heavy atom. The summed E-state index contributed by atoms with van der Waals surface area (Å²) in [5.74, 6) is 1.06. The van der Waals surface area contributed by atoms with Gasteiger partial charge >= 0.3 is 0 Å². The molecule has 1 fully saturated rings. The first-order valence-corrected chi connectivity index (χ1v) is 7.63. The fourth-order valence-electron chi connectivity index (χ4n) is 2.76. The second-order valence-corrected chi connectivity index (χ2v) is 6.34. The van der Waals surface area contributed by atoms with E-state index in [0.717, 1.165) is 35.0 Å². The molecule has 1 aliphatic rings. The van der Waals surface area contributed by atoms with Gasteiger partial charge in [0.1, 0.15) is 5.75 Å². The van der Waals surface area contributed by atoms with E-state index >= 15 is 0 Å². The van der Waals surface area contributed by atoms with Crippen LogP contribution in [0.2, 0.25) is 0 Å². The summed E-state index contributed by atoms with van der Waals surface area (Å²) in [5.41, 5.74) is 6.88. The molecule has 1 saturated carbocycles. The summed E-state index contributed by atoms with van der Waals surface area (Å²) in [6.07, 6.45) is 2.66. The summed E-state index contributed by atoms with van der Waals surface area (Å²) in [7, 11) is 3.48. The van der Waals surface area contributed by atoms with Crippen molar-refractivity contribution in [2.75, 3.05) is 14.2 Å². The molecule has 2 rings (SSSR count). The fourth-order valence-corrected chi connectivity index (χ4v) is 3.17. The molecule has 0 bridgehead atoms. The molecule has 0 aliphatic heterocycles. The highest BCUT2D eigenvalue weighted by Gasteiger charge is 2.29. The van der Waals surface area contributed by atoms with Gasteiger partial charge in [-0.3, -0.25) is 4.79 Å². The number of nitrogens with two attached hydrogens (primary N) is 1. The minimum Gasteiger partial charge on any atom is -0.496 e. The lowest BCUT2D eigenvalue weighted by Crippen LogP contribution is -2.32. The molecule has 2 atom stereocenters. The van der Waals surface area contributed by atoms with Crippen LogP contribution in [-0.2, 0) is 11.3 Å². The van der Waals surface area contributed by atoms with Crippen LogP contribution in [0.25, 0.3) is 0 Å². The van der Waals surface area contributed by atoms with Crippen LogP contribution in [0, 0.1) is 5.92 Å². The zero-order valence-electron chi connectivity index (χ0n) is 12.3. The van der Waals surface area contributed by atoms with Gasteiger partial charge in [0, 0.05) is 35.6 Å². The second kappa shape index (κ2) is 8.01. The van der Waals surface area contributed by atoms with Crippen LogP contribution in [0.3, 0.4) is 0 Å². The molecule has 4 nitrogen and oxygen atoms in total. The second-order valence-electron chi connectivity index (χ2n) is 5.42. The largest absolute Gasteiger partial charge is 0.496 e. The Kier molecular flexibility index (Phi) is 6.97. The van der Waals surface area contributed by atoms with E-state index in [0.29, 0.717) is 6.54 Å². The lowest BCUT2D eigenvalue weighted by Gasteiger charge is -2.22. The summed E-state index contributed by atoms with van der Waals surface area (Å²) in [6.45, 7) is 0.549. The molecule has 1 aliphatic carbocycles. The first-order valence-electron chi connectivity index (χ1n) is 6.84. The number of carbonyl (C=O) groups is 1. The number of rotatable bonds is 4. The van der Waals surface area contributed by atoms with E-state index in [1.807, 2.05) is 25.2 Å². The predicted octanol–water partition coefficient (Wildman–Crippen LogP) is 2.97. The fraction of sp³-hybridized carbons (Fsp3) is 0.533. The monoisotopic (exact) mass is 376 g/mol. The van der Waals surface area contributed by atoms with E-state index in [4.69, 9.17) is 10.5 Å². The molecular weight excluding hydrogens is 356 g/mol. The third kappa shape index (κ3) is 4.59. The smallest absolute Gasteiger partial charge is 0.225 e. The Bertz CT molecular complexity index is 499. The highest BCUT2D eigenvalue weighted by atomic mass is 79.9. The summed E-state index contributed by atoms with van der Waals surface area (Å²) >= 11 is 3.45. The van der Waals surface area contributed by atoms with E-state index in [9.17, 15) is 4.79 Å². The third-order valence-corrected chi connectivity index (χ3v) is 4.34. The van der Waals surface area contributed by atoms with Crippen molar-refractivity contribution in [2.24, 2.45) is 11.7 Å². The maximum absolute atomic E-state index is 12.4. The Labute approximate surface area is 140 Å². The van der Waals surface area contributed by atoms with E-state index in [-0.39, 0.29) is 30.3 Å². The van der Waals surface area contributed by atoms with Gasteiger partial charge < -0.3 is 15.4 Å². The number of carbonyl (C=O) groups excluding carboxylic acids is 1. The molecule has 1 amide bonds. The Morgan fingerprint density at radius 1 is 1.48 bits per heavy atom. The van der Waals surface area contributed by atoms with Crippen LogP contribution in [0.1, 0.15) is 24.8 Å². The Morgan fingerprint density at radius 2 is 2.19 bits per heavy atom. The van der Waals surface area contributed by atoms with Gasteiger partial charge in [-0.15, -0.1) is 12.4 Å². The molecule has 6 heteroatoms. The van der Waals surface area contributed by atoms with Gasteiger partial charge in [-0.05, 0) is 37.5 Å². The van der Waals surface area contributed by atoms with Gasteiger partial charge in [-0.1, -0.05) is 15.9 Å². The predicted molar refractivity (Wildman–Crippen MR) is 89.7 cm³/mol. The van der Waals surface area contributed by atoms with Gasteiger partial charge in [0.25, 0.3) is 0 Å². The Hall–Kier alpha value is -0.780. The normalized spacial score (nSPS) is 20.8. The van der Waals surface area contributed by atoms with E-state index < -0.39 is 0 Å². The number of ether oxygens (including phenoxy) is 1. The number of nitrogens with zero attached hydrogens (tertiary/aromatic N) is 1. The first kappa shape index (κ1) is 18.3. The summed E-state index contributed by atoms with van der Waals surface area (Å²) < 4.78 is 6.33. The van der Waals surface area contributed by atoms with Crippen LogP contribution in [0.5, 0.6) is 5.75 Å². The maximum atomic E-state index is 12.4. The summed E-state index contributed by atoms with van der Waals surface area (Å²) in [4.78, 5) is 14.2. The molecule has 2 unspecified atom stereocenters. The number of benzene rings is 1. The zero-order valence-corrected chi connectivity index (χ0v) is 14.7. The number of amides is 1. The molecule has 1 aromatic carbocycles. The molecule has 118 valence electrons. The van der Waals surface area contributed by atoms with Gasteiger partial charge in [-0.2, -0.15) is 0 Å². The average molecular weight is 378 g/mol. The molecule has 0 radical (unpaired) electrons. The first-order chi connectivity index (χ1) is 9.51. The molecule has 0 heterocycles. The number of hydrogen-bond acceptors (Lipinski definition) is 3. The highest BCUT2D eigenvalue weighted by molar-refractivity contribution is 9.10. The van der Waals surface area contributed by atoms with Crippen molar-refractivity contribution in [3.8, 4) is 5.75 Å². The summed E-state index contributed by atoms with van der Waals surface area (Å²) in [6, 6.07) is 6.00. The van der Waals surface area contributed by atoms with E-state index in [1.54, 1.807) is 12.0 Å². The third-order valence-electron chi connectivity index (χ3n) is 3.85. The van der Waals surface area contributed by atoms with E-state index in [1.165, 1.54) is 0 Å². The van der Waals surface area contributed by atoms with Gasteiger partial charge in [-0.25, -0.2) is 0 Å². The standard InChI is InChI=1S/C15H21BrN2O2.ClH/c1-18(15(19)10-3-5-13(17)8-10)9-11-7-12(16)4-6-14(11)20-2;/h4,6-7,10,13H,3,5,8-9,17H2,1-2H3;1H. The molecule has 1 aromatic rings. The SMILES string of the molecule is COc1ccc(Br)cc1CN(C)C(=O)C1CCC(N)C1.Cl. The number of methoxy groups -OCH3 is 1. The molecular formula is C15H22BrClN2O2. The van der Waals surface area contributed by atoms with Crippen molar-refractivity contribution in [3.05, 3.63) is 28.2 Å². The zero-order chi connectivity index (χ0) is 14.7. The minimum atomic E-state index is 0. The Balaban J connectivity index is 0.00000220. The highest BCUT2D eigenvalue weighted by Crippen LogP contribution is 2.28. The van der Waals surface area contributed by atoms with Crippen LogP contribution in [-0.4, -0.2) is 31.0 Å². The van der Waals surface area contributed by atoms with Crippen LogP contribution >= 0.6 is 28.3 Å². The average Bonchev–Trinajstić information content (AvgIpc) is 2.84. The quantitative estimate of drug-likeness (QED) is 0.877. The van der Waals surface area contributed by atoms with Crippen molar-refractivity contribution >= 4 is 34.2 Å². The van der Waals surface area contributed by atoms with Crippen LogP contribution < -0.4 is 10.5 Å². The van der Waals surface area contributed by atoms with E-state index in [2.05, 4.69) is 15.9 Å². The van der Waals surface area contributed by atoms with Crippen molar-refractivity contribution < 1.29 is 9.53 Å². The number of halogens is 2. The molecule has 21 heavy (non-hydrogen) atoms. The van der Waals surface area contributed by atoms with Gasteiger partial charge in [0.2, 0.25) is 5.91 Å². The van der Waals surface area contributed by atoms with Crippen molar-refractivity contribution in [2.45, 2.75) is 31.8 Å². The van der Waals surface area contributed by atoms with Crippen molar-refractivity contribution in [1.82, 2.24) is 4.90 Å². The molecule has 0 saturated heterocycles. The lowest BCUT2D eigenvalue weighted by atomic mass is 10.1. The topological polar surface area (TPSA) is 55.6 Å². The van der Waals surface area contributed by atoms with Gasteiger partial charge in [0.15, 0.2) is 0 Å². The van der Waals surface area contributed by atoms with Crippen LogP contribution in [0.15, 0.2) is 22.7 Å². The van der Waals surface area contributed by atoms with Crippen LogP contribution in [0.4, 0.5) is 0 Å². The summed E-state index contributed by atoms with van der Waals surface area (Å²) in [5, 5.41) is 0. The van der Waals surface area contributed by atoms with Crippen molar-refractivity contribution in [1.29, 1.82) is 0 Å². The maximum Gasteiger partial charge on any atom is 0.225 e. The number of hydrogen-bond donors (Lipinski definition) is 1. The molecule has 2 N–H and O–H groups in total. The molecule has 0 spiro atoms. The minimum absolute atomic E-state index is 0. The lowest BCUT2D eigenvalue weighted by molar-refractivity contribution is -0.134. The molecule has 0 aromatic heterocycles. The van der Waals surface area contributed by atoms with Crippen molar-refractivity contribution in [3.63, 3.8) is 0 Å².